The van der Waals surface area contributed by atoms with E-state index in [2.05, 4.69) is 10.4 Å². The number of benzene rings is 3. The summed E-state index contributed by atoms with van der Waals surface area (Å²) in [6.45, 7) is 1.68. The van der Waals surface area contributed by atoms with Gasteiger partial charge in [0.2, 0.25) is 13.2 Å². The Hall–Kier alpha value is -2.72. The SMILES string of the molecule is C[C@H](CO)NC(=O)[C@H]1C[C@H]1[C@H](NP(=O)(c1ccccc1)c1ccccc1)c1ccccc1. The molecule has 0 heterocycles. The van der Waals surface area contributed by atoms with E-state index < -0.39 is 7.29 Å². The van der Waals surface area contributed by atoms with Gasteiger partial charge < -0.3 is 10.4 Å². The van der Waals surface area contributed by atoms with Crippen molar-refractivity contribution in [3.63, 3.8) is 0 Å². The van der Waals surface area contributed by atoms with Crippen molar-refractivity contribution in [2.75, 3.05) is 6.61 Å². The average molecular weight is 449 g/mol. The van der Waals surface area contributed by atoms with Crippen LogP contribution in [0.15, 0.2) is 91.0 Å². The van der Waals surface area contributed by atoms with Crippen LogP contribution < -0.4 is 21.0 Å². The Balaban J connectivity index is 1.69. The molecule has 1 saturated carbocycles. The molecule has 1 fully saturated rings. The van der Waals surface area contributed by atoms with Gasteiger partial charge in [0.25, 0.3) is 0 Å². The summed E-state index contributed by atoms with van der Waals surface area (Å²) in [6.07, 6.45) is 0.708. The molecule has 0 saturated heterocycles. The van der Waals surface area contributed by atoms with Crippen LogP contribution >= 0.6 is 7.29 Å². The molecule has 0 radical (unpaired) electrons. The third-order valence-corrected chi connectivity index (χ3v) is 8.68. The maximum absolute atomic E-state index is 14.6. The van der Waals surface area contributed by atoms with E-state index in [4.69, 9.17) is 0 Å². The Bertz CT molecular complexity index is 1030. The Morgan fingerprint density at radius 1 is 0.938 bits per heavy atom. The van der Waals surface area contributed by atoms with Gasteiger partial charge in [-0.3, -0.25) is 14.4 Å². The second-order valence-corrected chi connectivity index (χ2v) is 10.9. The second-order valence-electron chi connectivity index (χ2n) is 8.40. The molecule has 0 unspecified atom stereocenters. The first-order chi connectivity index (χ1) is 15.5. The first-order valence-corrected chi connectivity index (χ1v) is 12.7. The lowest BCUT2D eigenvalue weighted by atomic mass is 10.0. The molecule has 4 atom stereocenters. The van der Waals surface area contributed by atoms with Crippen molar-refractivity contribution in [1.29, 1.82) is 0 Å². The van der Waals surface area contributed by atoms with Gasteiger partial charge in [0.05, 0.1) is 6.61 Å². The lowest BCUT2D eigenvalue weighted by molar-refractivity contribution is -0.123. The van der Waals surface area contributed by atoms with Crippen molar-refractivity contribution < 1.29 is 14.5 Å². The lowest BCUT2D eigenvalue weighted by Gasteiger charge is -2.28. The summed E-state index contributed by atoms with van der Waals surface area (Å²) in [7, 11) is -3.17. The number of carbonyl (C=O) groups excluding carboxylic acids is 1. The molecule has 0 aliphatic heterocycles. The van der Waals surface area contributed by atoms with Crippen LogP contribution in [-0.2, 0) is 9.36 Å². The first kappa shape index (κ1) is 22.5. The topological polar surface area (TPSA) is 78.4 Å². The highest BCUT2D eigenvalue weighted by atomic mass is 31.2. The lowest BCUT2D eigenvalue weighted by Crippen LogP contribution is -2.37. The molecule has 0 spiro atoms. The third-order valence-electron chi connectivity index (χ3n) is 5.99. The number of nitrogens with one attached hydrogen (secondary N) is 2. The monoisotopic (exact) mass is 448 g/mol. The highest BCUT2D eigenvalue weighted by Crippen LogP contribution is 2.52. The fraction of sp³-hybridized carbons (Fsp3) is 0.269. The summed E-state index contributed by atoms with van der Waals surface area (Å²) in [5.74, 6) is -0.223. The quantitative estimate of drug-likeness (QED) is 0.439. The van der Waals surface area contributed by atoms with Crippen molar-refractivity contribution in [1.82, 2.24) is 10.4 Å². The van der Waals surface area contributed by atoms with Crippen LogP contribution in [-0.4, -0.2) is 23.7 Å². The standard InChI is InChI=1S/C26H29N2O3P/c1-19(18-29)27-26(30)24-17-23(24)25(20-11-5-2-6-12-20)28-32(31,21-13-7-3-8-14-21)22-15-9-4-10-16-22/h2-16,19,23-25,29H,17-18H2,1H3,(H,27,30)(H,28,31)/t19-,23-,24+,25-/m1/s1. The van der Waals surface area contributed by atoms with Gasteiger partial charge >= 0.3 is 0 Å². The zero-order valence-electron chi connectivity index (χ0n) is 18.1. The van der Waals surface area contributed by atoms with Crippen molar-refractivity contribution >= 4 is 23.8 Å². The van der Waals surface area contributed by atoms with E-state index in [0.717, 1.165) is 16.2 Å². The number of aliphatic hydroxyl groups is 1. The molecule has 3 N–H and O–H groups in total. The summed E-state index contributed by atoms with van der Waals surface area (Å²) in [4.78, 5) is 12.7. The van der Waals surface area contributed by atoms with Gasteiger partial charge in [-0.2, -0.15) is 0 Å². The first-order valence-electron chi connectivity index (χ1n) is 11.0. The van der Waals surface area contributed by atoms with E-state index in [-0.39, 0.29) is 36.4 Å². The van der Waals surface area contributed by atoms with Gasteiger partial charge in [0.15, 0.2) is 0 Å². The van der Waals surface area contributed by atoms with Crippen molar-refractivity contribution in [2.45, 2.75) is 25.4 Å². The Labute approximate surface area is 189 Å². The molecule has 3 aromatic rings. The number of aliphatic hydroxyl groups excluding tert-OH is 1. The molecule has 32 heavy (non-hydrogen) atoms. The average Bonchev–Trinajstić information content (AvgIpc) is 3.65. The van der Waals surface area contributed by atoms with Crippen molar-refractivity contribution in [3.8, 4) is 0 Å². The smallest absolute Gasteiger partial charge is 0.223 e. The van der Waals surface area contributed by atoms with Gasteiger partial charge in [0.1, 0.15) is 0 Å². The molecule has 1 amide bonds. The third kappa shape index (κ3) is 4.86. The predicted octanol–water partition coefficient (Wildman–Crippen LogP) is 3.38. The zero-order chi connectivity index (χ0) is 22.6. The fourth-order valence-corrected chi connectivity index (χ4v) is 6.64. The molecule has 4 rings (SSSR count). The minimum atomic E-state index is -3.17. The molecule has 0 aromatic heterocycles. The number of hydrogen-bond donors (Lipinski definition) is 3. The summed E-state index contributed by atoms with van der Waals surface area (Å²) in [5, 5.41) is 17.1. The maximum Gasteiger partial charge on any atom is 0.223 e. The summed E-state index contributed by atoms with van der Waals surface area (Å²) < 4.78 is 14.6. The summed E-state index contributed by atoms with van der Waals surface area (Å²) >= 11 is 0. The van der Waals surface area contributed by atoms with Crippen molar-refractivity contribution in [2.24, 2.45) is 11.8 Å². The maximum atomic E-state index is 14.6. The summed E-state index contributed by atoms with van der Waals surface area (Å²) in [5.41, 5.74) is 1.01. The van der Waals surface area contributed by atoms with E-state index in [9.17, 15) is 14.5 Å². The van der Waals surface area contributed by atoms with Gasteiger partial charge in [-0.05, 0) is 49.1 Å². The van der Waals surface area contributed by atoms with E-state index in [1.54, 1.807) is 6.92 Å². The Kier molecular flexibility index (Phi) is 6.90. The molecule has 3 aromatic carbocycles. The van der Waals surface area contributed by atoms with Gasteiger partial charge in [-0.15, -0.1) is 0 Å². The largest absolute Gasteiger partial charge is 0.394 e. The van der Waals surface area contributed by atoms with Crippen LogP contribution in [0.2, 0.25) is 0 Å². The molecule has 166 valence electrons. The van der Waals surface area contributed by atoms with Crippen molar-refractivity contribution in [3.05, 3.63) is 96.6 Å². The van der Waals surface area contributed by atoms with Gasteiger partial charge in [0, 0.05) is 28.6 Å². The number of hydrogen-bond acceptors (Lipinski definition) is 3. The molecular weight excluding hydrogens is 419 g/mol. The molecule has 5 nitrogen and oxygen atoms in total. The Morgan fingerprint density at radius 2 is 1.44 bits per heavy atom. The minimum absolute atomic E-state index is 0.0176. The Morgan fingerprint density at radius 3 is 1.94 bits per heavy atom. The molecule has 1 aliphatic carbocycles. The molecular formula is C26H29N2O3P. The van der Waals surface area contributed by atoms with E-state index >= 15 is 0 Å². The van der Waals surface area contributed by atoms with Crippen LogP contribution in [0.3, 0.4) is 0 Å². The zero-order valence-corrected chi connectivity index (χ0v) is 19.0. The van der Waals surface area contributed by atoms with Crippen LogP contribution in [0.1, 0.15) is 24.9 Å². The van der Waals surface area contributed by atoms with E-state index in [1.165, 1.54) is 0 Å². The van der Waals surface area contributed by atoms with Crippen LogP contribution in [0.4, 0.5) is 0 Å². The number of amides is 1. The molecule has 6 heteroatoms. The fourth-order valence-electron chi connectivity index (χ4n) is 4.13. The minimum Gasteiger partial charge on any atom is -0.394 e. The van der Waals surface area contributed by atoms with Gasteiger partial charge in [-0.1, -0.05) is 66.7 Å². The highest BCUT2D eigenvalue weighted by Gasteiger charge is 2.50. The number of carbonyl (C=O) groups is 1. The van der Waals surface area contributed by atoms with Crippen LogP contribution in [0.5, 0.6) is 0 Å². The van der Waals surface area contributed by atoms with Gasteiger partial charge in [-0.25, -0.2) is 0 Å². The van der Waals surface area contributed by atoms with Crippen LogP contribution in [0, 0.1) is 11.8 Å². The normalized spacial score (nSPS) is 19.7. The van der Waals surface area contributed by atoms with E-state index in [0.29, 0.717) is 6.42 Å². The second kappa shape index (κ2) is 9.83. The number of rotatable bonds is 9. The highest BCUT2D eigenvalue weighted by molar-refractivity contribution is 7.76. The molecule has 0 bridgehead atoms. The molecule has 1 aliphatic rings. The van der Waals surface area contributed by atoms with E-state index in [1.807, 2.05) is 91.0 Å². The van der Waals surface area contributed by atoms with Crippen LogP contribution in [0.25, 0.3) is 0 Å². The summed E-state index contributed by atoms with van der Waals surface area (Å²) in [6, 6.07) is 28.4. The predicted molar refractivity (Wildman–Crippen MR) is 128 cm³/mol.